The van der Waals surface area contributed by atoms with Crippen molar-refractivity contribution in [2.45, 2.75) is 13.0 Å². The van der Waals surface area contributed by atoms with Crippen LogP contribution in [0.1, 0.15) is 13.0 Å². The molecular formula is C17H15ClFN5O2. The molecule has 1 amide bonds. The second-order valence-corrected chi connectivity index (χ2v) is 5.86. The number of ether oxygens (including phenoxy) is 1. The lowest BCUT2D eigenvalue weighted by atomic mass is 10.2. The molecule has 3 aromatic rings. The molecule has 1 N–H and O–H groups in total. The molecule has 0 spiro atoms. The molecule has 1 aromatic heterocycles. The Bertz CT molecular complexity index is 946. The van der Waals surface area contributed by atoms with E-state index in [9.17, 15) is 9.18 Å². The topological polar surface area (TPSA) is 81.9 Å². The predicted octanol–water partition coefficient (Wildman–Crippen LogP) is 3.34. The molecule has 0 saturated heterocycles. The number of nitrogens with one attached hydrogen (secondary N) is 1. The van der Waals surface area contributed by atoms with Gasteiger partial charge in [0.15, 0.2) is 0 Å². The van der Waals surface area contributed by atoms with Crippen LogP contribution in [-0.2, 0) is 4.79 Å². The molecule has 0 aliphatic carbocycles. The molecule has 0 aliphatic rings. The van der Waals surface area contributed by atoms with Crippen molar-refractivity contribution in [1.29, 1.82) is 0 Å². The molecular weight excluding hydrogens is 361 g/mol. The molecule has 0 fully saturated rings. The molecule has 1 atom stereocenters. The molecule has 7 nitrogen and oxygen atoms in total. The lowest BCUT2D eigenvalue weighted by molar-refractivity contribution is -0.119. The van der Waals surface area contributed by atoms with Crippen LogP contribution in [0.2, 0.25) is 5.02 Å². The first-order valence-electron chi connectivity index (χ1n) is 7.68. The maximum Gasteiger partial charge on any atom is 0.250 e. The number of amides is 1. The van der Waals surface area contributed by atoms with Crippen molar-refractivity contribution in [2.24, 2.45) is 0 Å². The first-order chi connectivity index (χ1) is 12.5. The van der Waals surface area contributed by atoms with E-state index in [1.54, 1.807) is 26.2 Å². The predicted molar refractivity (Wildman–Crippen MR) is 94.6 cm³/mol. The van der Waals surface area contributed by atoms with Crippen molar-refractivity contribution in [2.75, 3.05) is 12.4 Å². The highest BCUT2D eigenvalue weighted by atomic mass is 35.5. The molecule has 134 valence electrons. The van der Waals surface area contributed by atoms with Gasteiger partial charge >= 0.3 is 0 Å². The highest BCUT2D eigenvalue weighted by molar-refractivity contribution is 6.33. The minimum absolute atomic E-state index is 0.106. The van der Waals surface area contributed by atoms with Crippen LogP contribution in [0, 0.1) is 5.82 Å². The van der Waals surface area contributed by atoms with Crippen LogP contribution < -0.4 is 10.1 Å². The Kier molecular flexibility index (Phi) is 5.13. The Labute approximate surface area is 153 Å². The number of benzene rings is 2. The largest absolute Gasteiger partial charge is 0.497 e. The van der Waals surface area contributed by atoms with Crippen LogP contribution in [0.4, 0.5) is 10.1 Å². The number of aromatic nitrogens is 4. The minimum atomic E-state index is -0.747. The van der Waals surface area contributed by atoms with Crippen LogP contribution in [0.15, 0.2) is 42.5 Å². The van der Waals surface area contributed by atoms with E-state index in [2.05, 4.69) is 20.7 Å². The van der Waals surface area contributed by atoms with E-state index < -0.39 is 17.8 Å². The molecule has 0 aliphatic heterocycles. The number of nitrogens with zero attached hydrogens (tertiary/aromatic N) is 4. The van der Waals surface area contributed by atoms with E-state index >= 15 is 0 Å². The number of anilines is 1. The summed E-state index contributed by atoms with van der Waals surface area (Å²) in [6.45, 7) is 1.61. The second kappa shape index (κ2) is 7.49. The van der Waals surface area contributed by atoms with Gasteiger partial charge in [0.2, 0.25) is 5.82 Å². The van der Waals surface area contributed by atoms with E-state index in [0.717, 1.165) is 6.07 Å². The Balaban J connectivity index is 1.76. The van der Waals surface area contributed by atoms with Gasteiger partial charge in [0.05, 0.1) is 17.8 Å². The van der Waals surface area contributed by atoms with Crippen molar-refractivity contribution < 1.29 is 13.9 Å². The van der Waals surface area contributed by atoms with Crippen molar-refractivity contribution in [3.8, 4) is 17.1 Å². The van der Waals surface area contributed by atoms with Crippen molar-refractivity contribution in [3.05, 3.63) is 53.3 Å². The number of methoxy groups -OCH3 is 1. The van der Waals surface area contributed by atoms with Gasteiger partial charge < -0.3 is 10.1 Å². The zero-order valence-corrected chi connectivity index (χ0v) is 14.7. The third kappa shape index (κ3) is 3.80. The van der Waals surface area contributed by atoms with Crippen LogP contribution in [0.3, 0.4) is 0 Å². The number of carbonyl (C=O) groups excluding carboxylic acids is 1. The number of tetrazole rings is 1. The molecule has 3 rings (SSSR count). The molecule has 2 aromatic carbocycles. The van der Waals surface area contributed by atoms with Gasteiger partial charge in [-0.2, -0.15) is 4.80 Å². The smallest absolute Gasteiger partial charge is 0.250 e. The minimum Gasteiger partial charge on any atom is -0.497 e. The summed E-state index contributed by atoms with van der Waals surface area (Å²) >= 11 is 5.92. The summed E-state index contributed by atoms with van der Waals surface area (Å²) in [4.78, 5) is 13.6. The second-order valence-electron chi connectivity index (χ2n) is 5.45. The number of halogens is 2. The van der Waals surface area contributed by atoms with Crippen LogP contribution in [0.25, 0.3) is 11.4 Å². The molecule has 1 heterocycles. The van der Waals surface area contributed by atoms with Gasteiger partial charge in [0.1, 0.15) is 17.6 Å². The fourth-order valence-corrected chi connectivity index (χ4v) is 2.41. The van der Waals surface area contributed by atoms with Gasteiger partial charge in [-0.15, -0.1) is 10.2 Å². The Morgan fingerprint density at radius 1 is 1.31 bits per heavy atom. The summed E-state index contributed by atoms with van der Waals surface area (Å²) in [5.41, 5.74) is 1.02. The lowest BCUT2D eigenvalue weighted by Crippen LogP contribution is -2.25. The van der Waals surface area contributed by atoms with E-state index in [0.29, 0.717) is 22.8 Å². The van der Waals surface area contributed by atoms with Gasteiger partial charge in [-0.1, -0.05) is 23.7 Å². The highest BCUT2D eigenvalue weighted by Crippen LogP contribution is 2.24. The average molecular weight is 376 g/mol. The van der Waals surface area contributed by atoms with E-state index in [1.165, 1.54) is 16.9 Å². The van der Waals surface area contributed by atoms with Gasteiger partial charge in [-0.3, -0.25) is 4.79 Å². The summed E-state index contributed by atoms with van der Waals surface area (Å²) < 4.78 is 18.3. The van der Waals surface area contributed by atoms with Crippen molar-refractivity contribution >= 4 is 23.2 Å². The summed E-state index contributed by atoms with van der Waals surface area (Å²) in [5.74, 6) is 0.133. The fourth-order valence-electron chi connectivity index (χ4n) is 2.20. The monoisotopic (exact) mass is 375 g/mol. The van der Waals surface area contributed by atoms with Gasteiger partial charge in [-0.05, 0) is 42.5 Å². The Morgan fingerprint density at radius 3 is 2.85 bits per heavy atom. The molecule has 0 bridgehead atoms. The van der Waals surface area contributed by atoms with Gasteiger partial charge in [0.25, 0.3) is 5.91 Å². The fraction of sp³-hybridized carbons (Fsp3) is 0.176. The summed E-state index contributed by atoms with van der Waals surface area (Å²) in [6, 6.07) is 10.2. The zero-order valence-electron chi connectivity index (χ0n) is 14.0. The number of rotatable bonds is 5. The Hall–Kier alpha value is -3.00. The molecule has 0 saturated carbocycles. The zero-order chi connectivity index (χ0) is 18.7. The third-order valence-electron chi connectivity index (χ3n) is 3.67. The third-order valence-corrected chi connectivity index (χ3v) is 3.98. The highest BCUT2D eigenvalue weighted by Gasteiger charge is 2.20. The van der Waals surface area contributed by atoms with Gasteiger partial charge in [-0.25, -0.2) is 4.39 Å². The van der Waals surface area contributed by atoms with Crippen LogP contribution >= 0.6 is 11.6 Å². The lowest BCUT2D eigenvalue weighted by Gasteiger charge is -2.11. The van der Waals surface area contributed by atoms with Gasteiger partial charge in [0, 0.05) is 5.56 Å². The normalized spacial score (nSPS) is 11.8. The SMILES string of the molecule is COc1cccc(-c2nnn([C@H](C)C(=O)Nc3ccc(F)cc3Cl)n2)c1. The Morgan fingerprint density at radius 2 is 2.12 bits per heavy atom. The van der Waals surface area contributed by atoms with E-state index in [1.807, 2.05) is 12.1 Å². The van der Waals surface area contributed by atoms with E-state index in [-0.39, 0.29) is 5.02 Å². The maximum atomic E-state index is 13.1. The van der Waals surface area contributed by atoms with Crippen LogP contribution in [-0.4, -0.2) is 33.2 Å². The molecule has 26 heavy (non-hydrogen) atoms. The number of hydrogen-bond donors (Lipinski definition) is 1. The quantitative estimate of drug-likeness (QED) is 0.739. The molecule has 0 unspecified atom stereocenters. The van der Waals surface area contributed by atoms with Crippen molar-refractivity contribution in [3.63, 3.8) is 0 Å². The van der Waals surface area contributed by atoms with Crippen LogP contribution in [0.5, 0.6) is 5.75 Å². The number of hydrogen-bond acceptors (Lipinski definition) is 5. The summed E-state index contributed by atoms with van der Waals surface area (Å²) in [5, 5.41) is 14.9. The first-order valence-corrected chi connectivity index (χ1v) is 8.05. The van der Waals surface area contributed by atoms with E-state index in [4.69, 9.17) is 16.3 Å². The number of carbonyl (C=O) groups is 1. The van der Waals surface area contributed by atoms with Crippen molar-refractivity contribution in [1.82, 2.24) is 20.2 Å². The first kappa shape index (κ1) is 17.8. The average Bonchev–Trinajstić information content (AvgIpc) is 3.13. The summed E-state index contributed by atoms with van der Waals surface area (Å²) in [7, 11) is 1.57. The standard InChI is InChI=1S/C17H15ClFN5O2/c1-10(17(25)20-15-7-6-12(19)9-14(15)18)24-22-16(21-23-24)11-4-3-5-13(8-11)26-2/h3-10H,1-2H3,(H,20,25)/t10-/m1/s1. The molecule has 9 heteroatoms. The molecule has 0 radical (unpaired) electrons. The summed E-state index contributed by atoms with van der Waals surface area (Å²) in [6.07, 6.45) is 0. The maximum absolute atomic E-state index is 13.1.